The first-order chi connectivity index (χ1) is 13.2. The second-order valence-corrected chi connectivity index (χ2v) is 8.59. The maximum Gasteiger partial charge on any atom is 0.289 e. The fourth-order valence-corrected chi connectivity index (χ4v) is 4.62. The Kier molecular flexibility index (Phi) is 5.82. The lowest BCUT2D eigenvalue weighted by Gasteiger charge is -2.19. The van der Waals surface area contributed by atoms with Gasteiger partial charge in [0.1, 0.15) is 0 Å². The summed E-state index contributed by atoms with van der Waals surface area (Å²) in [6.07, 6.45) is 0.624. The molecule has 2 aromatic rings. The molecule has 0 spiro atoms. The topological polar surface area (TPSA) is 92.5 Å². The molecule has 3 rings (SSSR count). The molecule has 150 valence electrons. The molecular formula is C17H16ClF2N3O4S. The molecule has 1 saturated heterocycles. The molecule has 1 atom stereocenters. The number of nitro benzene ring substituents is 1. The molecule has 0 bridgehead atoms. The van der Waals surface area contributed by atoms with Gasteiger partial charge in [-0.2, -0.15) is 0 Å². The summed E-state index contributed by atoms with van der Waals surface area (Å²) in [5, 5.41) is 11.2. The fraction of sp³-hybridized carbons (Fsp3) is 0.294. The van der Waals surface area contributed by atoms with Gasteiger partial charge in [0, 0.05) is 42.5 Å². The maximum atomic E-state index is 13.4. The van der Waals surface area contributed by atoms with Crippen LogP contribution < -0.4 is 9.62 Å². The molecule has 11 heteroatoms. The molecule has 28 heavy (non-hydrogen) atoms. The van der Waals surface area contributed by atoms with E-state index in [9.17, 15) is 27.3 Å². The van der Waals surface area contributed by atoms with Crippen LogP contribution in [0.3, 0.4) is 0 Å². The third-order valence-corrected chi connectivity index (χ3v) is 6.21. The Bertz CT molecular complexity index is 1020. The number of benzene rings is 2. The Balaban J connectivity index is 1.68. The van der Waals surface area contributed by atoms with Gasteiger partial charge in [0.15, 0.2) is 16.5 Å². The lowest BCUT2D eigenvalue weighted by atomic mass is 10.1. The van der Waals surface area contributed by atoms with Crippen LogP contribution in [0, 0.1) is 27.7 Å². The van der Waals surface area contributed by atoms with Crippen LogP contribution in [-0.4, -0.2) is 33.0 Å². The largest absolute Gasteiger partial charge is 0.371 e. The van der Waals surface area contributed by atoms with Gasteiger partial charge < -0.3 is 4.90 Å². The first kappa shape index (κ1) is 20.4. The Morgan fingerprint density at radius 1 is 1.21 bits per heavy atom. The van der Waals surface area contributed by atoms with E-state index in [-0.39, 0.29) is 17.5 Å². The molecule has 1 fully saturated rings. The Hall–Kier alpha value is -2.30. The quantitative estimate of drug-likeness (QED) is 0.559. The van der Waals surface area contributed by atoms with E-state index in [4.69, 9.17) is 11.6 Å². The van der Waals surface area contributed by atoms with Crippen LogP contribution in [0.1, 0.15) is 6.42 Å². The van der Waals surface area contributed by atoms with Crippen LogP contribution in [-0.2, 0) is 10.0 Å². The summed E-state index contributed by atoms with van der Waals surface area (Å²) in [6.45, 7) is 1.03. The van der Waals surface area contributed by atoms with Crippen LogP contribution >= 0.6 is 11.6 Å². The molecule has 0 aliphatic carbocycles. The highest BCUT2D eigenvalue weighted by Crippen LogP contribution is 2.28. The minimum atomic E-state index is -4.14. The number of anilines is 1. The molecule has 1 heterocycles. The summed E-state index contributed by atoms with van der Waals surface area (Å²) in [5.74, 6) is -1.98. The van der Waals surface area contributed by atoms with Crippen molar-refractivity contribution < 1.29 is 22.1 Å². The van der Waals surface area contributed by atoms with E-state index in [1.165, 1.54) is 12.1 Å². The smallest absolute Gasteiger partial charge is 0.289 e. The lowest BCUT2D eigenvalue weighted by Crippen LogP contribution is -2.31. The molecule has 0 aromatic heterocycles. The zero-order valence-corrected chi connectivity index (χ0v) is 16.0. The van der Waals surface area contributed by atoms with Gasteiger partial charge in [0.05, 0.1) is 4.92 Å². The summed E-state index contributed by atoms with van der Waals surface area (Å²) in [4.78, 5) is 11.6. The van der Waals surface area contributed by atoms with Gasteiger partial charge in [0.25, 0.3) is 5.69 Å². The van der Waals surface area contributed by atoms with Gasteiger partial charge >= 0.3 is 0 Å². The highest BCUT2D eigenvalue weighted by atomic mass is 35.5. The van der Waals surface area contributed by atoms with Crippen molar-refractivity contribution in [2.24, 2.45) is 5.92 Å². The molecule has 1 N–H and O–H groups in total. The number of nitro groups is 1. The van der Waals surface area contributed by atoms with E-state index in [0.29, 0.717) is 25.2 Å². The van der Waals surface area contributed by atoms with E-state index in [1.54, 1.807) is 0 Å². The summed E-state index contributed by atoms with van der Waals surface area (Å²) < 4.78 is 53.9. The zero-order chi connectivity index (χ0) is 20.5. The van der Waals surface area contributed by atoms with Gasteiger partial charge in [0.2, 0.25) is 10.0 Å². The highest BCUT2D eigenvalue weighted by Gasteiger charge is 2.29. The minimum Gasteiger partial charge on any atom is -0.371 e. The van der Waals surface area contributed by atoms with Gasteiger partial charge in [-0.3, -0.25) is 10.1 Å². The van der Waals surface area contributed by atoms with Crippen LogP contribution in [0.5, 0.6) is 0 Å². The Labute approximate surface area is 165 Å². The molecule has 2 aromatic carbocycles. The van der Waals surface area contributed by atoms with E-state index in [1.807, 2.05) is 4.90 Å². The predicted molar refractivity (Wildman–Crippen MR) is 100.0 cm³/mol. The maximum absolute atomic E-state index is 13.4. The predicted octanol–water partition coefficient (Wildman–Crippen LogP) is 3.33. The first-order valence-corrected chi connectivity index (χ1v) is 10.2. The number of nitrogens with zero attached hydrogens (tertiary/aromatic N) is 2. The van der Waals surface area contributed by atoms with Crippen molar-refractivity contribution in [3.63, 3.8) is 0 Å². The second-order valence-electron chi connectivity index (χ2n) is 6.42. The lowest BCUT2D eigenvalue weighted by molar-refractivity contribution is -0.387. The van der Waals surface area contributed by atoms with Gasteiger partial charge in [-0.1, -0.05) is 11.6 Å². The second kappa shape index (κ2) is 7.98. The average Bonchev–Trinajstić information content (AvgIpc) is 3.11. The molecule has 1 aliphatic heterocycles. The van der Waals surface area contributed by atoms with Crippen LogP contribution in [0.4, 0.5) is 20.2 Å². The standard InChI is InChI=1S/C17H16ClF2N3O4S/c18-12-1-4-16(23(24)25)17(7-12)28(26,27)21-9-11-5-6-22(10-11)13-2-3-14(19)15(20)8-13/h1-4,7-8,11,21H,5-6,9-10H2. The van der Waals surface area contributed by atoms with Gasteiger partial charge in [-0.25, -0.2) is 21.9 Å². The number of sulfonamides is 1. The summed E-state index contributed by atoms with van der Waals surface area (Å²) in [5.41, 5.74) is -0.0542. The molecular weight excluding hydrogens is 416 g/mol. The molecule has 0 radical (unpaired) electrons. The third-order valence-electron chi connectivity index (χ3n) is 4.52. The van der Waals surface area contributed by atoms with E-state index >= 15 is 0 Å². The van der Waals surface area contributed by atoms with Crippen molar-refractivity contribution in [1.29, 1.82) is 0 Å². The average molecular weight is 432 g/mol. The summed E-state index contributed by atoms with van der Waals surface area (Å²) >= 11 is 5.79. The number of rotatable bonds is 6. The summed E-state index contributed by atoms with van der Waals surface area (Å²) in [6, 6.07) is 6.91. The van der Waals surface area contributed by atoms with Crippen molar-refractivity contribution in [1.82, 2.24) is 4.72 Å². The number of hydrogen-bond donors (Lipinski definition) is 1. The Morgan fingerprint density at radius 3 is 2.64 bits per heavy atom. The minimum absolute atomic E-state index is 0.0478. The molecule has 1 aliphatic rings. The van der Waals surface area contributed by atoms with Crippen molar-refractivity contribution in [3.8, 4) is 0 Å². The SMILES string of the molecule is O=[N+]([O-])c1ccc(Cl)cc1S(=O)(=O)NCC1CCN(c2ccc(F)c(F)c2)C1. The number of nitrogens with one attached hydrogen (secondary N) is 1. The van der Waals surface area contributed by atoms with Crippen LogP contribution in [0.15, 0.2) is 41.3 Å². The van der Waals surface area contributed by atoms with Crippen molar-refractivity contribution >= 4 is 33.0 Å². The van der Waals surface area contributed by atoms with Crippen molar-refractivity contribution in [3.05, 3.63) is 63.2 Å². The van der Waals surface area contributed by atoms with E-state index in [2.05, 4.69) is 4.72 Å². The molecule has 0 amide bonds. The van der Waals surface area contributed by atoms with E-state index in [0.717, 1.165) is 24.3 Å². The van der Waals surface area contributed by atoms with Gasteiger partial charge in [-0.15, -0.1) is 0 Å². The highest BCUT2D eigenvalue weighted by molar-refractivity contribution is 7.89. The number of hydrogen-bond acceptors (Lipinski definition) is 5. The first-order valence-electron chi connectivity index (χ1n) is 8.31. The normalized spacial score (nSPS) is 17.1. The third kappa shape index (κ3) is 4.40. The van der Waals surface area contributed by atoms with Gasteiger partial charge in [-0.05, 0) is 36.6 Å². The monoisotopic (exact) mass is 431 g/mol. The molecule has 1 unspecified atom stereocenters. The van der Waals surface area contributed by atoms with Crippen molar-refractivity contribution in [2.45, 2.75) is 11.3 Å². The molecule has 0 saturated carbocycles. The zero-order valence-electron chi connectivity index (χ0n) is 14.4. The molecule has 7 nitrogen and oxygen atoms in total. The number of halogens is 3. The fourth-order valence-electron chi connectivity index (χ4n) is 3.07. The van der Waals surface area contributed by atoms with Crippen LogP contribution in [0.2, 0.25) is 5.02 Å². The van der Waals surface area contributed by atoms with Crippen LogP contribution in [0.25, 0.3) is 0 Å². The van der Waals surface area contributed by atoms with Crippen molar-refractivity contribution in [2.75, 3.05) is 24.5 Å². The Morgan fingerprint density at radius 2 is 1.96 bits per heavy atom. The van der Waals surface area contributed by atoms with E-state index < -0.39 is 37.2 Å². The summed E-state index contributed by atoms with van der Waals surface area (Å²) in [7, 11) is -4.14.